The molecule has 3 aromatic rings. The highest BCUT2D eigenvalue weighted by Gasteiger charge is 2.13. The van der Waals surface area contributed by atoms with Crippen LogP contribution in [0.2, 0.25) is 0 Å². The van der Waals surface area contributed by atoms with Crippen molar-refractivity contribution in [3.63, 3.8) is 0 Å². The molecule has 0 fully saturated rings. The quantitative estimate of drug-likeness (QED) is 0.669. The summed E-state index contributed by atoms with van der Waals surface area (Å²) in [6.07, 6.45) is 1.11. The zero-order valence-corrected chi connectivity index (χ0v) is 11.5. The molecule has 1 heterocycles. The van der Waals surface area contributed by atoms with Crippen molar-refractivity contribution in [3.8, 4) is 11.3 Å². The van der Waals surface area contributed by atoms with Crippen LogP contribution in [0.1, 0.15) is 19.4 Å². The second-order valence-corrected chi connectivity index (χ2v) is 5.49. The van der Waals surface area contributed by atoms with Gasteiger partial charge in [-0.25, -0.2) is 0 Å². The number of H-pyrrole nitrogens is 1. The second kappa shape index (κ2) is 4.93. The first kappa shape index (κ1) is 12.0. The van der Waals surface area contributed by atoms with E-state index in [1.807, 2.05) is 0 Å². The van der Waals surface area contributed by atoms with E-state index in [0.717, 1.165) is 6.42 Å². The first-order chi connectivity index (χ1) is 9.25. The fraction of sp³-hybridized carbons (Fsp3) is 0.222. The molecular weight excluding hydrogens is 230 g/mol. The summed E-state index contributed by atoms with van der Waals surface area (Å²) in [7, 11) is 0. The lowest BCUT2D eigenvalue weighted by Gasteiger charge is -2.07. The largest absolute Gasteiger partial charge is 0.354 e. The van der Waals surface area contributed by atoms with Crippen LogP contribution < -0.4 is 0 Å². The highest BCUT2D eigenvalue weighted by atomic mass is 14.7. The van der Waals surface area contributed by atoms with Gasteiger partial charge in [0.1, 0.15) is 0 Å². The molecule has 0 spiro atoms. The Kier molecular flexibility index (Phi) is 3.12. The lowest BCUT2D eigenvalue weighted by atomic mass is 9.97. The number of nitrogens with one attached hydrogen (secondary N) is 1. The normalized spacial score (nSPS) is 11.3. The van der Waals surface area contributed by atoms with Crippen molar-refractivity contribution in [2.24, 2.45) is 5.92 Å². The Morgan fingerprint density at radius 2 is 1.58 bits per heavy atom. The van der Waals surface area contributed by atoms with Gasteiger partial charge >= 0.3 is 0 Å². The Labute approximate surface area is 114 Å². The molecule has 0 saturated heterocycles. The molecule has 0 aliphatic rings. The van der Waals surface area contributed by atoms with Crippen molar-refractivity contribution in [2.75, 3.05) is 0 Å². The van der Waals surface area contributed by atoms with Crippen LogP contribution in [0.25, 0.3) is 22.2 Å². The third-order valence-electron chi connectivity index (χ3n) is 3.49. The molecule has 0 aliphatic heterocycles. The molecule has 0 bridgehead atoms. The SMILES string of the molecule is CC(C)Cc1c(-c2ccccc2)[nH]c2ccccc12. The smallest absolute Gasteiger partial charge is 0.0497 e. The monoisotopic (exact) mass is 249 g/mol. The van der Waals surface area contributed by atoms with E-state index in [4.69, 9.17) is 0 Å². The van der Waals surface area contributed by atoms with E-state index in [1.165, 1.54) is 27.7 Å². The Morgan fingerprint density at radius 3 is 2.32 bits per heavy atom. The summed E-state index contributed by atoms with van der Waals surface area (Å²) in [5.41, 5.74) is 5.22. The van der Waals surface area contributed by atoms with E-state index in [-0.39, 0.29) is 0 Å². The van der Waals surface area contributed by atoms with E-state index in [2.05, 4.69) is 73.4 Å². The van der Waals surface area contributed by atoms with Gasteiger partial charge in [0.2, 0.25) is 0 Å². The van der Waals surface area contributed by atoms with Gasteiger partial charge in [-0.1, -0.05) is 62.4 Å². The molecule has 0 saturated carbocycles. The molecule has 2 aromatic carbocycles. The molecule has 1 aromatic heterocycles. The van der Waals surface area contributed by atoms with E-state index < -0.39 is 0 Å². The lowest BCUT2D eigenvalue weighted by Crippen LogP contribution is -1.95. The summed E-state index contributed by atoms with van der Waals surface area (Å²) in [5, 5.41) is 1.36. The predicted molar refractivity (Wildman–Crippen MR) is 82.3 cm³/mol. The Hall–Kier alpha value is -2.02. The van der Waals surface area contributed by atoms with Crippen molar-refractivity contribution >= 4 is 10.9 Å². The number of fused-ring (bicyclic) bond motifs is 1. The van der Waals surface area contributed by atoms with Gasteiger partial charge in [-0.15, -0.1) is 0 Å². The number of rotatable bonds is 3. The van der Waals surface area contributed by atoms with E-state index in [1.54, 1.807) is 0 Å². The minimum Gasteiger partial charge on any atom is -0.354 e. The van der Waals surface area contributed by atoms with Crippen molar-refractivity contribution in [1.29, 1.82) is 0 Å². The fourth-order valence-corrected chi connectivity index (χ4v) is 2.67. The summed E-state index contributed by atoms with van der Waals surface area (Å²) in [5.74, 6) is 0.654. The third-order valence-corrected chi connectivity index (χ3v) is 3.49. The maximum atomic E-state index is 3.59. The van der Waals surface area contributed by atoms with E-state index in [9.17, 15) is 0 Å². The van der Waals surface area contributed by atoms with Crippen molar-refractivity contribution < 1.29 is 0 Å². The van der Waals surface area contributed by atoms with Crippen molar-refractivity contribution in [3.05, 3.63) is 60.2 Å². The van der Waals surface area contributed by atoms with Crippen LogP contribution in [0.15, 0.2) is 54.6 Å². The van der Waals surface area contributed by atoms with E-state index >= 15 is 0 Å². The summed E-state index contributed by atoms with van der Waals surface area (Å²) in [4.78, 5) is 3.59. The Balaban J connectivity index is 2.23. The highest BCUT2D eigenvalue weighted by Crippen LogP contribution is 2.31. The minimum atomic E-state index is 0.654. The molecule has 96 valence electrons. The highest BCUT2D eigenvalue weighted by molar-refractivity contribution is 5.90. The van der Waals surface area contributed by atoms with Gasteiger partial charge in [0.05, 0.1) is 0 Å². The molecule has 19 heavy (non-hydrogen) atoms. The molecule has 1 heteroatoms. The first-order valence-electron chi connectivity index (χ1n) is 6.90. The summed E-state index contributed by atoms with van der Waals surface area (Å²) < 4.78 is 0. The van der Waals surface area contributed by atoms with Crippen LogP contribution in [-0.4, -0.2) is 4.98 Å². The Morgan fingerprint density at radius 1 is 0.895 bits per heavy atom. The maximum Gasteiger partial charge on any atom is 0.0497 e. The molecular formula is C18H19N. The number of aromatic nitrogens is 1. The number of aromatic amines is 1. The molecule has 3 rings (SSSR count). The average Bonchev–Trinajstić information content (AvgIpc) is 2.78. The summed E-state index contributed by atoms with van der Waals surface area (Å²) >= 11 is 0. The van der Waals surface area contributed by atoms with Crippen LogP contribution in [0.3, 0.4) is 0 Å². The van der Waals surface area contributed by atoms with Gasteiger partial charge in [-0.3, -0.25) is 0 Å². The standard InChI is InChI=1S/C18H19N/c1-13(2)12-16-15-10-6-7-11-17(15)19-18(16)14-8-4-3-5-9-14/h3-11,13,19H,12H2,1-2H3. The van der Waals surface area contributed by atoms with Crippen LogP contribution in [0.5, 0.6) is 0 Å². The van der Waals surface area contributed by atoms with E-state index in [0.29, 0.717) is 5.92 Å². The maximum absolute atomic E-state index is 3.59. The second-order valence-electron chi connectivity index (χ2n) is 5.49. The van der Waals surface area contributed by atoms with Crippen LogP contribution >= 0.6 is 0 Å². The first-order valence-corrected chi connectivity index (χ1v) is 6.90. The zero-order chi connectivity index (χ0) is 13.2. The van der Waals surface area contributed by atoms with Crippen molar-refractivity contribution in [1.82, 2.24) is 4.98 Å². The Bertz CT molecular complexity index is 677. The van der Waals surface area contributed by atoms with Crippen LogP contribution in [0.4, 0.5) is 0 Å². The van der Waals surface area contributed by atoms with Crippen LogP contribution in [0, 0.1) is 5.92 Å². The van der Waals surface area contributed by atoms with Gasteiger partial charge < -0.3 is 4.98 Å². The van der Waals surface area contributed by atoms with Gasteiger partial charge in [-0.05, 0) is 29.5 Å². The van der Waals surface area contributed by atoms with Gasteiger partial charge in [0.25, 0.3) is 0 Å². The topological polar surface area (TPSA) is 15.8 Å². The van der Waals surface area contributed by atoms with Gasteiger partial charge in [0, 0.05) is 16.6 Å². The zero-order valence-electron chi connectivity index (χ0n) is 11.5. The predicted octanol–water partition coefficient (Wildman–Crippen LogP) is 5.03. The number of hydrogen-bond acceptors (Lipinski definition) is 0. The van der Waals surface area contributed by atoms with Gasteiger partial charge in [0.15, 0.2) is 0 Å². The number of para-hydroxylation sites is 1. The molecule has 1 nitrogen and oxygen atoms in total. The van der Waals surface area contributed by atoms with Gasteiger partial charge in [-0.2, -0.15) is 0 Å². The molecule has 1 N–H and O–H groups in total. The molecule has 0 radical (unpaired) electrons. The molecule has 0 atom stereocenters. The fourth-order valence-electron chi connectivity index (χ4n) is 2.67. The number of hydrogen-bond donors (Lipinski definition) is 1. The summed E-state index contributed by atoms with van der Waals surface area (Å²) in [6, 6.07) is 19.2. The lowest BCUT2D eigenvalue weighted by molar-refractivity contribution is 0.651. The molecule has 0 amide bonds. The minimum absolute atomic E-state index is 0.654. The molecule has 0 aliphatic carbocycles. The summed E-state index contributed by atoms with van der Waals surface area (Å²) in [6.45, 7) is 4.55. The van der Waals surface area contributed by atoms with Crippen molar-refractivity contribution in [2.45, 2.75) is 20.3 Å². The average molecular weight is 249 g/mol. The molecule has 0 unspecified atom stereocenters. The third kappa shape index (κ3) is 2.28. The number of benzene rings is 2. The van der Waals surface area contributed by atoms with Crippen LogP contribution in [-0.2, 0) is 6.42 Å².